The topological polar surface area (TPSA) is 12.9 Å². The predicted octanol–water partition coefficient (Wildman–Crippen LogP) is 3.85. The fourth-order valence-corrected chi connectivity index (χ4v) is 1.77. The van der Waals surface area contributed by atoms with Gasteiger partial charge in [-0.1, -0.05) is 23.2 Å². The molecule has 0 unspecified atom stereocenters. The lowest BCUT2D eigenvalue weighted by Crippen LogP contribution is -1.81. The molecular weight excluding hydrogens is 205 g/mol. The first-order chi connectivity index (χ1) is 6.16. The Balaban J connectivity index is 2.87. The van der Waals surface area contributed by atoms with Crippen molar-refractivity contribution in [3.05, 3.63) is 40.0 Å². The smallest absolute Gasteiger partial charge is 0.0720 e. The molecule has 1 aromatic carbocycles. The van der Waals surface area contributed by atoms with E-state index in [4.69, 9.17) is 23.2 Å². The van der Waals surface area contributed by atoms with Crippen molar-refractivity contribution in [2.45, 2.75) is 6.92 Å². The van der Waals surface area contributed by atoms with Gasteiger partial charge in [0.05, 0.1) is 15.6 Å². The van der Waals surface area contributed by atoms with Gasteiger partial charge in [0.1, 0.15) is 0 Å². The van der Waals surface area contributed by atoms with Crippen LogP contribution in [0.1, 0.15) is 5.56 Å². The van der Waals surface area contributed by atoms with Crippen molar-refractivity contribution in [2.24, 2.45) is 0 Å². The van der Waals surface area contributed by atoms with Crippen LogP contribution >= 0.6 is 23.2 Å². The van der Waals surface area contributed by atoms with Crippen LogP contribution in [0.5, 0.6) is 0 Å². The first-order valence-corrected chi connectivity index (χ1v) is 4.64. The first kappa shape index (κ1) is 8.79. The maximum absolute atomic E-state index is 6.04. The Labute approximate surface area is 86.3 Å². The van der Waals surface area contributed by atoms with E-state index in [1.54, 1.807) is 6.20 Å². The molecular formula is C10H7Cl2N. The van der Waals surface area contributed by atoms with Crippen LogP contribution < -0.4 is 0 Å². The number of hydrogen-bond donors (Lipinski definition) is 0. The lowest BCUT2D eigenvalue weighted by Gasteiger charge is -2.01. The molecule has 0 bridgehead atoms. The summed E-state index contributed by atoms with van der Waals surface area (Å²) in [6, 6.07) is 5.71. The summed E-state index contributed by atoms with van der Waals surface area (Å²) in [5, 5.41) is 2.21. The molecule has 1 heterocycles. The van der Waals surface area contributed by atoms with Gasteiger partial charge in [-0.05, 0) is 30.7 Å². The summed E-state index contributed by atoms with van der Waals surface area (Å²) in [6.45, 7) is 1.99. The van der Waals surface area contributed by atoms with Gasteiger partial charge >= 0.3 is 0 Å². The number of fused-ring (bicyclic) bond motifs is 1. The zero-order valence-electron chi connectivity index (χ0n) is 7.01. The van der Waals surface area contributed by atoms with Crippen molar-refractivity contribution < 1.29 is 0 Å². The van der Waals surface area contributed by atoms with E-state index in [0.29, 0.717) is 10.0 Å². The highest BCUT2D eigenvalue weighted by molar-refractivity contribution is 6.36. The van der Waals surface area contributed by atoms with Gasteiger partial charge in [-0.3, -0.25) is 4.98 Å². The van der Waals surface area contributed by atoms with Gasteiger partial charge in [0.2, 0.25) is 0 Å². The number of nitrogens with zero attached hydrogens (tertiary/aromatic N) is 1. The summed E-state index contributed by atoms with van der Waals surface area (Å²) in [6.07, 6.45) is 1.62. The minimum atomic E-state index is 0.609. The van der Waals surface area contributed by atoms with E-state index < -0.39 is 0 Å². The molecule has 0 amide bonds. The highest BCUT2D eigenvalue weighted by Gasteiger charge is 2.01. The summed E-state index contributed by atoms with van der Waals surface area (Å²) in [4.78, 5) is 4.19. The predicted molar refractivity (Wildman–Crippen MR) is 56.5 cm³/mol. The third-order valence-corrected chi connectivity index (χ3v) is 2.38. The molecule has 0 atom stereocenters. The largest absolute Gasteiger partial charge is 0.255 e. The second-order valence-corrected chi connectivity index (χ2v) is 3.81. The second-order valence-electron chi connectivity index (χ2n) is 2.97. The zero-order valence-corrected chi connectivity index (χ0v) is 8.52. The van der Waals surface area contributed by atoms with Crippen LogP contribution in [0.4, 0.5) is 0 Å². The Morgan fingerprint density at radius 3 is 2.69 bits per heavy atom. The molecule has 0 N–H and O–H groups in total. The Morgan fingerprint density at radius 1 is 1.15 bits per heavy atom. The van der Waals surface area contributed by atoms with E-state index in [1.165, 1.54) is 0 Å². The van der Waals surface area contributed by atoms with Crippen molar-refractivity contribution in [3.63, 3.8) is 0 Å². The van der Waals surface area contributed by atoms with Crippen molar-refractivity contribution in [2.75, 3.05) is 0 Å². The normalized spacial score (nSPS) is 10.7. The minimum absolute atomic E-state index is 0.609. The molecule has 1 nitrogen and oxygen atoms in total. The average molecular weight is 212 g/mol. The SMILES string of the molecule is Cc1cc(Cl)c2cc(Cl)cnc2c1. The van der Waals surface area contributed by atoms with Crippen LogP contribution in [0.15, 0.2) is 24.4 Å². The Bertz CT molecular complexity index is 466. The van der Waals surface area contributed by atoms with Crippen LogP contribution in [-0.4, -0.2) is 4.98 Å². The zero-order chi connectivity index (χ0) is 9.42. The maximum atomic E-state index is 6.04. The Morgan fingerprint density at radius 2 is 1.92 bits per heavy atom. The van der Waals surface area contributed by atoms with Crippen LogP contribution in [0.25, 0.3) is 10.9 Å². The molecule has 66 valence electrons. The van der Waals surface area contributed by atoms with Crippen LogP contribution in [0, 0.1) is 6.92 Å². The second kappa shape index (κ2) is 3.17. The van der Waals surface area contributed by atoms with E-state index in [1.807, 2.05) is 25.1 Å². The molecule has 3 heteroatoms. The summed E-state index contributed by atoms with van der Waals surface area (Å²) in [7, 11) is 0. The van der Waals surface area contributed by atoms with E-state index in [9.17, 15) is 0 Å². The van der Waals surface area contributed by atoms with Gasteiger partial charge < -0.3 is 0 Å². The average Bonchev–Trinajstić information content (AvgIpc) is 2.06. The van der Waals surface area contributed by atoms with Crippen molar-refractivity contribution >= 4 is 34.1 Å². The Kier molecular flexibility index (Phi) is 2.14. The molecule has 2 rings (SSSR count). The lowest BCUT2D eigenvalue weighted by atomic mass is 10.1. The van der Waals surface area contributed by atoms with E-state index >= 15 is 0 Å². The Hall–Kier alpha value is -0.790. The molecule has 0 aliphatic rings. The number of aryl methyl sites for hydroxylation is 1. The number of rotatable bonds is 0. The third-order valence-electron chi connectivity index (χ3n) is 1.86. The molecule has 0 saturated carbocycles. The number of aromatic nitrogens is 1. The molecule has 2 aromatic rings. The first-order valence-electron chi connectivity index (χ1n) is 3.88. The van der Waals surface area contributed by atoms with Gasteiger partial charge in [-0.2, -0.15) is 0 Å². The quantitative estimate of drug-likeness (QED) is 0.646. The van der Waals surface area contributed by atoms with Gasteiger partial charge in [0, 0.05) is 11.6 Å². The van der Waals surface area contributed by atoms with E-state index in [2.05, 4.69) is 4.98 Å². The summed E-state index contributed by atoms with van der Waals surface area (Å²) < 4.78 is 0. The summed E-state index contributed by atoms with van der Waals surface area (Å²) >= 11 is 11.8. The number of benzene rings is 1. The summed E-state index contributed by atoms with van der Waals surface area (Å²) in [5.41, 5.74) is 1.99. The molecule has 0 spiro atoms. The molecule has 13 heavy (non-hydrogen) atoms. The fourth-order valence-electron chi connectivity index (χ4n) is 1.29. The minimum Gasteiger partial charge on any atom is -0.255 e. The van der Waals surface area contributed by atoms with Crippen molar-refractivity contribution in [1.29, 1.82) is 0 Å². The van der Waals surface area contributed by atoms with Crippen molar-refractivity contribution in [3.8, 4) is 0 Å². The number of pyridine rings is 1. The van der Waals surface area contributed by atoms with Gasteiger partial charge in [-0.15, -0.1) is 0 Å². The van der Waals surface area contributed by atoms with Gasteiger partial charge in [0.25, 0.3) is 0 Å². The number of halogens is 2. The lowest BCUT2D eigenvalue weighted by molar-refractivity contribution is 1.39. The molecule has 1 aromatic heterocycles. The molecule has 0 radical (unpaired) electrons. The van der Waals surface area contributed by atoms with E-state index in [0.717, 1.165) is 16.5 Å². The van der Waals surface area contributed by atoms with Crippen molar-refractivity contribution in [1.82, 2.24) is 4.98 Å². The monoisotopic (exact) mass is 211 g/mol. The van der Waals surface area contributed by atoms with Crippen LogP contribution in [-0.2, 0) is 0 Å². The molecule has 0 fully saturated rings. The third kappa shape index (κ3) is 1.62. The highest BCUT2D eigenvalue weighted by atomic mass is 35.5. The highest BCUT2D eigenvalue weighted by Crippen LogP contribution is 2.25. The standard InChI is InChI=1S/C10H7Cl2N/c1-6-2-9(12)8-4-7(11)5-13-10(8)3-6/h2-5H,1H3. The van der Waals surface area contributed by atoms with E-state index in [-0.39, 0.29) is 0 Å². The molecule has 0 saturated heterocycles. The summed E-state index contributed by atoms with van der Waals surface area (Å²) in [5.74, 6) is 0. The van der Waals surface area contributed by atoms with Crippen LogP contribution in [0.2, 0.25) is 10.0 Å². The maximum Gasteiger partial charge on any atom is 0.0720 e. The number of hydrogen-bond acceptors (Lipinski definition) is 1. The van der Waals surface area contributed by atoms with Gasteiger partial charge in [0.15, 0.2) is 0 Å². The molecule has 0 aliphatic carbocycles. The molecule has 0 aliphatic heterocycles. The fraction of sp³-hybridized carbons (Fsp3) is 0.100. The van der Waals surface area contributed by atoms with Crippen LogP contribution in [0.3, 0.4) is 0 Å². The van der Waals surface area contributed by atoms with Gasteiger partial charge in [-0.25, -0.2) is 0 Å².